The van der Waals surface area contributed by atoms with E-state index in [0.29, 0.717) is 0 Å². The van der Waals surface area contributed by atoms with Crippen LogP contribution >= 0.6 is 23.2 Å². The van der Waals surface area contributed by atoms with Crippen molar-refractivity contribution in [3.63, 3.8) is 0 Å². The summed E-state index contributed by atoms with van der Waals surface area (Å²) in [6.45, 7) is 0. The maximum atomic E-state index is 9.62. The maximum absolute atomic E-state index is 9.62. The van der Waals surface area contributed by atoms with E-state index < -0.39 is 17.3 Å². The van der Waals surface area contributed by atoms with Gasteiger partial charge in [-0.2, -0.15) is 10.5 Å². The molecule has 2 unspecified atom stereocenters. The Morgan fingerprint density at radius 2 is 2.00 bits per heavy atom. The van der Waals surface area contributed by atoms with E-state index >= 15 is 0 Å². The second-order valence-electron chi connectivity index (χ2n) is 2.69. The molecule has 0 aromatic carbocycles. The molecule has 0 aliphatic heterocycles. The Labute approximate surface area is 89.9 Å². The van der Waals surface area contributed by atoms with Crippen LogP contribution in [-0.2, 0) is 0 Å². The number of allylic oxidation sites excluding steroid dienone is 1. The van der Waals surface area contributed by atoms with Crippen LogP contribution in [0.5, 0.6) is 0 Å². The molecule has 0 aromatic heterocycles. The third-order valence-corrected chi connectivity index (χ3v) is 2.49. The summed E-state index contributed by atoms with van der Waals surface area (Å²) in [5.41, 5.74) is -2.09. The summed E-state index contributed by atoms with van der Waals surface area (Å²) >= 11 is 11.1. The van der Waals surface area contributed by atoms with Gasteiger partial charge in [0.05, 0.1) is 16.1 Å². The number of hydrogen-bond acceptors (Lipinski definition) is 4. The van der Waals surface area contributed by atoms with Crippen molar-refractivity contribution in [2.75, 3.05) is 0 Å². The van der Waals surface area contributed by atoms with E-state index in [-0.39, 0.29) is 10.1 Å². The van der Waals surface area contributed by atoms with E-state index in [1.165, 1.54) is 6.07 Å². The SMILES string of the molecule is N#CC1C(Cl)=C(O)C(Cl)=CC1(O)C#N. The molecule has 4 nitrogen and oxygen atoms in total. The fourth-order valence-electron chi connectivity index (χ4n) is 1.04. The van der Waals surface area contributed by atoms with Crippen molar-refractivity contribution in [2.24, 2.45) is 5.92 Å². The van der Waals surface area contributed by atoms with E-state index in [9.17, 15) is 10.2 Å². The monoisotopic (exact) mass is 230 g/mol. The predicted octanol–water partition coefficient (Wildman–Crippen LogP) is 1.53. The number of nitriles is 2. The Morgan fingerprint density at radius 1 is 1.43 bits per heavy atom. The van der Waals surface area contributed by atoms with Crippen molar-refractivity contribution in [2.45, 2.75) is 5.60 Å². The summed E-state index contributed by atoms with van der Waals surface area (Å²) in [4.78, 5) is 0. The van der Waals surface area contributed by atoms with Gasteiger partial charge in [0, 0.05) is 0 Å². The fraction of sp³-hybridized carbons (Fsp3) is 0.250. The average molecular weight is 231 g/mol. The largest absolute Gasteiger partial charge is 0.505 e. The van der Waals surface area contributed by atoms with E-state index in [2.05, 4.69) is 0 Å². The third kappa shape index (κ3) is 1.44. The third-order valence-electron chi connectivity index (χ3n) is 1.80. The lowest BCUT2D eigenvalue weighted by Gasteiger charge is -2.26. The Balaban J connectivity index is 3.35. The maximum Gasteiger partial charge on any atom is 0.192 e. The lowest BCUT2D eigenvalue weighted by atomic mass is 9.85. The van der Waals surface area contributed by atoms with Crippen molar-refractivity contribution in [3.05, 3.63) is 21.9 Å². The molecule has 0 saturated heterocycles. The molecule has 0 radical (unpaired) electrons. The minimum Gasteiger partial charge on any atom is -0.505 e. The molecular formula is C8H4Cl2N2O2. The molecule has 72 valence electrons. The molecule has 2 N–H and O–H groups in total. The van der Waals surface area contributed by atoms with Crippen molar-refractivity contribution < 1.29 is 10.2 Å². The van der Waals surface area contributed by atoms with Gasteiger partial charge in [-0.15, -0.1) is 0 Å². The van der Waals surface area contributed by atoms with Crippen LogP contribution in [0.4, 0.5) is 0 Å². The summed E-state index contributed by atoms with van der Waals surface area (Å²) in [6.07, 6.45) is 0.893. The van der Waals surface area contributed by atoms with E-state index in [1.54, 1.807) is 6.07 Å². The van der Waals surface area contributed by atoms with Crippen molar-refractivity contribution in [3.8, 4) is 12.1 Å². The summed E-state index contributed by atoms with van der Waals surface area (Å²) in [6, 6.07) is 3.13. The first-order valence-corrected chi connectivity index (χ1v) is 4.22. The highest BCUT2D eigenvalue weighted by Crippen LogP contribution is 2.38. The molecule has 1 aliphatic carbocycles. The van der Waals surface area contributed by atoms with Crippen LogP contribution in [0.2, 0.25) is 0 Å². The quantitative estimate of drug-likeness (QED) is 0.618. The zero-order chi connectivity index (χ0) is 10.9. The Hall–Kier alpha value is -1.20. The predicted molar refractivity (Wildman–Crippen MR) is 49.1 cm³/mol. The molecule has 1 aliphatic rings. The molecule has 1 rings (SSSR count). The Kier molecular flexibility index (Phi) is 2.73. The van der Waals surface area contributed by atoms with Gasteiger partial charge in [-0.25, -0.2) is 0 Å². The van der Waals surface area contributed by atoms with Crippen LogP contribution in [0.15, 0.2) is 21.9 Å². The van der Waals surface area contributed by atoms with Crippen LogP contribution in [0.25, 0.3) is 0 Å². The molecule has 0 fully saturated rings. The highest BCUT2D eigenvalue weighted by Gasteiger charge is 2.43. The van der Waals surface area contributed by atoms with Gasteiger partial charge in [-0.1, -0.05) is 23.2 Å². The van der Waals surface area contributed by atoms with Crippen LogP contribution in [-0.4, -0.2) is 15.8 Å². The van der Waals surface area contributed by atoms with Crippen molar-refractivity contribution in [1.29, 1.82) is 10.5 Å². The summed E-state index contributed by atoms with van der Waals surface area (Å²) in [7, 11) is 0. The standard InChI is InChI=1S/C8H4Cl2N2O2/c9-5-1-8(14,3-12)4(2-11)6(10)7(5)13/h1,4,13-14H. The van der Waals surface area contributed by atoms with Crippen LogP contribution < -0.4 is 0 Å². The summed E-state index contributed by atoms with van der Waals surface area (Å²) in [5.74, 6) is -1.81. The van der Waals surface area contributed by atoms with Crippen LogP contribution in [0.3, 0.4) is 0 Å². The van der Waals surface area contributed by atoms with Gasteiger partial charge >= 0.3 is 0 Å². The normalized spacial score (nSPS) is 31.8. The number of hydrogen-bond donors (Lipinski definition) is 2. The van der Waals surface area contributed by atoms with E-state index in [0.717, 1.165) is 6.08 Å². The highest BCUT2D eigenvalue weighted by atomic mass is 35.5. The second-order valence-corrected chi connectivity index (χ2v) is 3.50. The molecule has 0 aromatic rings. The zero-order valence-corrected chi connectivity index (χ0v) is 8.21. The second kappa shape index (κ2) is 3.51. The fourth-order valence-corrected chi connectivity index (χ4v) is 1.67. The molecule has 0 heterocycles. The van der Waals surface area contributed by atoms with Gasteiger partial charge in [0.2, 0.25) is 0 Å². The first kappa shape index (κ1) is 10.9. The minimum absolute atomic E-state index is 0.245. The van der Waals surface area contributed by atoms with Gasteiger partial charge in [0.1, 0.15) is 17.7 Å². The number of halogens is 2. The highest BCUT2D eigenvalue weighted by molar-refractivity contribution is 6.36. The van der Waals surface area contributed by atoms with Gasteiger partial charge in [0.15, 0.2) is 5.60 Å². The first-order chi connectivity index (χ1) is 6.46. The summed E-state index contributed by atoms with van der Waals surface area (Å²) in [5, 5.41) is 35.6. The topological polar surface area (TPSA) is 88.0 Å². The Morgan fingerprint density at radius 3 is 2.43 bits per heavy atom. The molecule has 0 amide bonds. The molecule has 6 heteroatoms. The average Bonchev–Trinajstić information content (AvgIpc) is 2.15. The Bertz CT molecular complexity index is 416. The number of aliphatic hydroxyl groups is 2. The lowest BCUT2D eigenvalue weighted by Crippen LogP contribution is -2.36. The van der Waals surface area contributed by atoms with E-state index in [1.807, 2.05) is 0 Å². The zero-order valence-electron chi connectivity index (χ0n) is 6.70. The minimum atomic E-state index is -2.09. The lowest BCUT2D eigenvalue weighted by molar-refractivity contribution is 0.119. The van der Waals surface area contributed by atoms with Crippen molar-refractivity contribution in [1.82, 2.24) is 0 Å². The molecular weight excluding hydrogens is 227 g/mol. The molecule has 2 atom stereocenters. The van der Waals surface area contributed by atoms with Crippen LogP contribution in [0, 0.1) is 28.6 Å². The molecule has 14 heavy (non-hydrogen) atoms. The molecule has 0 saturated carbocycles. The number of aliphatic hydroxyl groups excluding tert-OH is 1. The van der Waals surface area contributed by atoms with Gasteiger partial charge in [-0.3, -0.25) is 0 Å². The molecule has 0 bridgehead atoms. The van der Waals surface area contributed by atoms with Crippen LogP contribution in [0.1, 0.15) is 0 Å². The van der Waals surface area contributed by atoms with Gasteiger partial charge in [0.25, 0.3) is 0 Å². The number of nitrogens with zero attached hydrogens (tertiary/aromatic N) is 2. The van der Waals surface area contributed by atoms with Gasteiger partial charge < -0.3 is 10.2 Å². The smallest absolute Gasteiger partial charge is 0.192 e. The molecule has 0 spiro atoms. The summed E-state index contributed by atoms with van der Waals surface area (Å²) < 4.78 is 0. The van der Waals surface area contributed by atoms with Crippen molar-refractivity contribution >= 4 is 23.2 Å². The van der Waals surface area contributed by atoms with Gasteiger partial charge in [-0.05, 0) is 6.08 Å². The number of rotatable bonds is 0. The van der Waals surface area contributed by atoms with E-state index in [4.69, 9.17) is 33.7 Å². The first-order valence-electron chi connectivity index (χ1n) is 3.47.